The van der Waals surface area contributed by atoms with Crippen LogP contribution in [0.1, 0.15) is 0 Å². The average molecular weight is 230 g/mol. The van der Waals surface area contributed by atoms with Gasteiger partial charge in [0.1, 0.15) is 0 Å². The highest BCUT2D eigenvalue weighted by atomic mass is 32.1. The Labute approximate surface area is 84.0 Å². The zero-order valence-corrected chi connectivity index (χ0v) is 8.66. The molecule has 0 aromatic carbocycles. The van der Waals surface area contributed by atoms with E-state index < -0.39 is 7.60 Å². The third-order valence-corrected chi connectivity index (χ3v) is 3.47. The fraction of sp³-hybridized carbons (Fsp3) is 0. The van der Waals surface area contributed by atoms with E-state index in [1.165, 1.54) is 17.6 Å². The molecule has 0 aliphatic heterocycles. The molecule has 0 amide bonds. The lowest BCUT2D eigenvalue weighted by molar-refractivity contribution is 0.377. The Morgan fingerprint density at radius 1 is 1.36 bits per heavy atom. The van der Waals surface area contributed by atoms with Crippen LogP contribution in [0, 0.1) is 0 Å². The predicted molar refractivity (Wildman–Crippen MR) is 53.7 cm³/mol. The number of hydrogen-bond donors (Lipinski definition) is 2. The van der Waals surface area contributed by atoms with Crippen molar-refractivity contribution in [2.75, 3.05) is 0 Å². The standard InChI is InChI=1S/C8H7O4PS/c9-13(10,11)8-6(3-4-12-8)7-2-1-5-14-7/h1-5H,(H2,9,10,11). The molecule has 2 rings (SSSR count). The Bertz CT molecular complexity index is 467. The molecule has 0 saturated carbocycles. The van der Waals surface area contributed by atoms with Crippen LogP contribution in [0.4, 0.5) is 0 Å². The highest BCUT2D eigenvalue weighted by Crippen LogP contribution is 2.39. The molecule has 0 unspecified atom stereocenters. The Hall–Kier alpha value is -0.870. The molecule has 0 fully saturated rings. The van der Waals surface area contributed by atoms with Crippen LogP contribution >= 0.6 is 18.9 Å². The molecule has 0 atom stereocenters. The summed E-state index contributed by atoms with van der Waals surface area (Å²) in [4.78, 5) is 18.7. The van der Waals surface area contributed by atoms with Gasteiger partial charge in [-0.3, -0.25) is 4.57 Å². The molecule has 74 valence electrons. The minimum absolute atomic E-state index is 0.264. The molecule has 0 aliphatic carbocycles. The van der Waals surface area contributed by atoms with Gasteiger partial charge in [-0.2, -0.15) is 0 Å². The Morgan fingerprint density at radius 2 is 2.14 bits per heavy atom. The zero-order chi connectivity index (χ0) is 10.2. The molecule has 0 aliphatic rings. The molecule has 6 heteroatoms. The lowest BCUT2D eigenvalue weighted by Crippen LogP contribution is -2.02. The van der Waals surface area contributed by atoms with E-state index in [1.807, 2.05) is 11.4 Å². The van der Waals surface area contributed by atoms with Crippen molar-refractivity contribution in [2.45, 2.75) is 0 Å². The van der Waals surface area contributed by atoms with Crippen molar-refractivity contribution in [2.24, 2.45) is 0 Å². The summed E-state index contributed by atoms with van der Waals surface area (Å²) in [7, 11) is -4.31. The highest BCUT2D eigenvalue weighted by Gasteiger charge is 2.26. The first-order valence-electron chi connectivity index (χ1n) is 3.76. The molecule has 0 radical (unpaired) electrons. The van der Waals surface area contributed by atoms with Gasteiger partial charge in [0.25, 0.3) is 0 Å². The van der Waals surface area contributed by atoms with Gasteiger partial charge in [0.05, 0.1) is 6.26 Å². The van der Waals surface area contributed by atoms with Crippen molar-refractivity contribution in [1.29, 1.82) is 0 Å². The number of thiophene rings is 1. The van der Waals surface area contributed by atoms with Crippen molar-refractivity contribution in [3.8, 4) is 10.4 Å². The quantitative estimate of drug-likeness (QED) is 0.772. The number of hydrogen-bond acceptors (Lipinski definition) is 3. The van der Waals surface area contributed by atoms with Crippen molar-refractivity contribution in [3.63, 3.8) is 0 Å². The van der Waals surface area contributed by atoms with E-state index in [0.29, 0.717) is 5.56 Å². The largest absolute Gasteiger partial charge is 0.456 e. The smallest absolute Gasteiger partial charge is 0.391 e. The Kier molecular flexibility index (Phi) is 2.33. The summed E-state index contributed by atoms with van der Waals surface area (Å²) in [5.74, 6) is 0. The van der Waals surface area contributed by atoms with Gasteiger partial charge in [-0.15, -0.1) is 11.3 Å². The van der Waals surface area contributed by atoms with Gasteiger partial charge >= 0.3 is 7.60 Å². The fourth-order valence-electron chi connectivity index (χ4n) is 1.15. The third-order valence-electron chi connectivity index (χ3n) is 1.70. The third kappa shape index (κ3) is 1.67. The molecular formula is C8H7O4PS. The van der Waals surface area contributed by atoms with Crippen LogP contribution in [-0.2, 0) is 4.57 Å². The molecule has 0 spiro atoms. The summed E-state index contributed by atoms with van der Waals surface area (Å²) in [6, 6.07) is 5.16. The highest BCUT2D eigenvalue weighted by molar-refractivity contribution is 7.60. The summed E-state index contributed by atoms with van der Waals surface area (Å²) in [6.45, 7) is 0. The van der Waals surface area contributed by atoms with Gasteiger partial charge in [0.15, 0.2) is 0 Å². The average Bonchev–Trinajstić information content (AvgIpc) is 2.73. The fourth-order valence-corrected chi connectivity index (χ4v) is 2.68. The molecule has 2 N–H and O–H groups in total. The Morgan fingerprint density at radius 3 is 2.71 bits per heavy atom. The summed E-state index contributed by atoms with van der Waals surface area (Å²) < 4.78 is 15.8. The van der Waals surface area contributed by atoms with Gasteiger partial charge < -0.3 is 14.2 Å². The predicted octanol–water partition coefficient (Wildman–Crippen LogP) is 1.81. The van der Waals surface area contributed by atoms with E-state index >= 15 is 0 Å². The maximum absolute atomic E-state index is 11.0. The minimum Gasteiger partial charge on any atom is -0.456 e. The van der Waals surface area contributed by atoms with Crippen molar-refractivity contribution in [1.82, 2.24) is 0 Å². The second kappa shape index (κ2) is 3.37. The van der Waals surface area contributed by atoms with E-state index in [4.69, 9.17) is 14.2 Å². The first kappa shape index (κ1) is 9.68. The summed E-state index contributed by atoms with van der Waals surface area (Å²) in [5.41, 5.74) is 0.202. The van der Waals surface area contributed by atoms with Gasteiger partial charge in [-0.25, -0.2) is 0 Å². The lowest BCUT2D eigenvalue weighted by atomic mass is 10.3. The van der Waals surface area contributed by atoms with Crippen LogP contribution in [0.15, 0.2) is 34.3 Å². The molecule has 0 saturated heterocycles. The summed E-state index contributed by atoms with van der Waals surface area (Å²) in [6.07, 6.45) is 1.28. The molecule has 4 nitrogen and oxygen atoms in total. The minimum atomic E-state index is -4.31. The van der Waals surface area contributed by atoms with Gasteiger partial charge in [0, 0.05) is 10.4 Å². The normalized spacial score (nSPS) is 11.9. The Balaban J connectivity index is 2.56. The molecule has 2 heterocycles. The molecular weight excluding hydrogens is 223 g/mol. The maximum Gasteiger partial charge on any atom is 0.391 e. The molecule has 2 aromatic heterocycles. The van der Waals surface area contributed by atoms with Crippen LogP contribution in [0.25, 0.3) is 10.4 Å². The maximum atomic E-state index is 11.0. The zero-order valence-electron chi connectivity index (χ0n) is 6.95. The van der Waals surface area contributed by atoms with Crippen LogP contribution in [-0.4, -0.2) is 9.79 Å². The first-order chi connectivity index (χ1) is 6.59. The lowest BCUT2D eigenvalue weighted by Gasteiger charge is -2.01. The number of furan rings is 1. The van der Waals surface area contributed by atoms with Crippen molar-refractivity contribution >= 4 is 24.4 Å². The topological polar surface area (TPSA) is 70.7 Å². The van der Waals surface area contributed by atoms with Crippen LogP contribution < -0.4 is 5.50 Å². The second-order valence-electron chi connectivity index (χ2n) is 2.66. The number of rotatable bonds is 2. The van der Waals surface area contributed by atoms with E-state index in [0.717, 1.165) is 4.88 Å². The SMILES string of the molecule is O=P(O)(O)c1occc1-c1cccs1. The van der Waals surface area contributed by atoms with Gasteiger partial charge in [0.2, 0.25) is 5.50 Å². The van der Waals surface area contributed by atoms with Gasteiger partial charge in [-0.05, 0) is 17.5 Å². The van der Waals surface area contributed by atoms with E-state index in [2.05, 4.69) is 0 Å². The van der Waals surface area contributed by atoms with E-state index in [-0.39, 0.29) is 5.50 Å². The van der Waals surface area contributed by atoms with Crippen molar-refractivity contribution < 1.29 is 18.8 Å². The molecule has 14 heavy (non-hydrogen) atoms. The molecule has 2 aromatic rings. The van der Waals surface area contributed by atoms with Gasteiger partial charge in [-0.1, -0.05) is 6.07 Å². The van der Waals surface area contributed by atoms with Crippen LogP contribution in [0.5, 0.6) is 0 Å². The summed E-state index contributed by atoms with van der Waals surface area (Å²) >= 11 is 1.41. The van der Waals surface area contributed by atoms with E-state index in [1.54, 1.807) is 12.1 Å². The second-order valence-corrected chi connectivity index (χ2v) is 5.10. The summed E-state index contributed by atoms with van der Waals surface area (Å²) in [5, 5.41) is 1.84. The van der Waals surface area contributed by atoms with Crippen molar-refractivity contribution in [3.05, 3.63) is 29.8 Å². The van der Waals surface area contributed by atoms with Crippen LogP contribution in [0.2, 0.25) is 0 Å². The monoisotopic (exact) mass is 230 g/mol. The van der Waals surface area contributed by atoms with Crippen LogP contribution in [0.3, 0.4) is 0 Å². The van der Waals surface area contributed by atoms with E-state index in [9.17, 15) is 4.57 Å². The first-order valence-corrected chi connectivity index (χ1v) is 6.26. The molecule has 0 bridgehead atoms.